The Labute approximate surface area is 164 Å². The van der Waals surface area contributed by atoms with Gasteiger partial charge in [0.05, 0.1) is 18.6 Å². The number of rotatable bonds is 9. The zero-order chi connectivity index (χ0) is 20.4. The highest BCUT2D eigenvalue weighted by molar-refractivity contribution is 6.11. The Kier molecular flexibility index (Phi) is 7.96. The van der Waals surface area contributed by atoms with Gasteiger partial charge in [0.25, 0.3) is 5.91 Å². The molecule has 2 aromatic carbocycles. The number of carbonyl (C=O) groups excluding carboxylic acids is 2. The molecule has 2 aromatic rings. The number of hydrogen-bond acceptors (Lipinski definition) is 5. The van der Waals surface area contributed by atoms with E-state index in [1.54, 1.807) is 6.92 Å². The molecule has 6 nitrogen and oxygen atoms in total. The topological polar surface area (TPSA) is 105 Å². The molecular weight excluding hydrogens is 354 g/mol. The Balaban J connectivity index is 2.13. The van der Waals surface area contributed by atoms with Crippen molar-refractivity contribution in [1.82, 2.24) is 5.32 Å². The van der Waals surface area contributed by atoms with Crippen LogP contribution in [0.25, 0.3) is 11.1 Å². The summed E-state index contributed by atoms with van der Waals surface area (Å²) in [5.41, 5.74) is 8.59. The van der Waals surface area contributed by atoms with Gasteiger partial charge in [0.2, 0.25) is 0 Å². The van der Waals surface area contributed by atoms with E-state index in [1.165, 1.54) is 0 Å². The number of ether oxygens (including phenoxy) is 1. The second kappa shape index (κ2) is 10.7. The van der Waals surface area contributed by atoms with Crippen LogP contribution in [0, 0.1) is 5.41 Å². The van der Waals surface area contributed by atoms with E-state index in [2.05, 4.69) is 5.32 Å². The van der Waals surface area contributed by atoms with E-state index in [1.807, 2.05) is 54.6 Å². The molecule has 0 aliphatic rings. The monoisotopic (exact) mass is 379 g/mol. The first-order chi connectivity index (χ1) is 13.6. The number of amides is 1. The van der Waals surface area contributed by atoms with Gasteiger partial charge in [-0.3, -0.25) is 9.59 Å². The third kappa shape index (κ3) is 6.09. The summed E-state index contributed by atoms with van der Waals surface area (Å²) >= 11 is 0. The molecule has 1 atom stereocenters. The maximum Gasteiger partial charge on any atom is 0.307 e. The molecule has 0 aromatic heterocycles. The van der Waals surface area contributed by atoms with Gasteiger partial charge in [-0.15, -0.1) is 0 Å². The van der Waals surface area contributed by atoms with Crippen molar-refractivity contribution in [2.75, 3.05) is 6.61 Å². The third-order valence-corrected chi connectivity index (χ3v) is 4.19. The van der Waals surface area contributed by atoms with Crippen molar-refractivity contribution in [2.45, 2.75) is 25.8 Å². The first-order valence-corrected chi connectivity index (χ1v) is 9.10. The van der Waals surface area contributed by atoms with Crippen molar-refractivity contribution in [3.05, 3.63) is 71.9 Å². The summed E-state index contributed by atoms with van der Waals surface area (Å²) in [5.74, 6) is -0.880. The molecule has 0 fully saturated rings. The molecule has 0 aliphatic carbocycles. The summed E-state index contributed by atoms with van der Waals surface area (Å²) in [6.07, 6.45) is 2.44. The van der Waals surface area contributed by atoms with Crippen LogP contribution >= 0.6 is 0 Å². The van der Waals surface area contributed by atoms with Gasteiger partial charge in [-0.1, -0.05) is 54.6 Å². The van der Waals surface area contributed by atoms with Gasteiger partial charge >= 0.3 is 5.97 Å². The van der Waals surface area contributed by atoms with Crippen LogP contribution in [0.2, 0.25) is 0 Å². The van der Waals surface area contributed by atoms with Crippen LogP contribution in [0.3, 0.4) is 0 Å². The Morgan fingerprint density at radius 1 is 1.11 bits per heavy atom. The first kappa shape index (κ1) is 20.9. The molecule has 1 amide bonds. The van der Waals surface area contributed by atoms with Crippen molar-refractivity contribution in [1.29, 1.82) is 5.41 Å². The highest BCUT2D eigenvalue weighted by atomic mass is 16.5. The molecule has 6 heteroatoms. The van der Waals surface area contributed by atoms with Crippen LogP contribution in [0.1, 0.15) is 18.9 Å². The fourth-order valence-electron chi connectivity index (χ4n) is 2.80. The Hall–Kier alpha value is -3.41. The average Bonchev–Trinajstić information content (AvgIpc) is 2.70. The summed E-state index contributed by atoms with van der Waals surface area (Å²) < 4.78 is 5.01. The summed E-state index contributed by atoms with van der Waals surface area (Å²) in [5, 5.41) is 10.0. The van der Waals surface area contributed by atoms with Gasteiger partial charge in [0, 0.05) is 18.5 Å². The van der Waals surface area contributed by atoms with Crippen molar-refractivity contribution in [3.8, 4) is 11.1 Å². The lowest BCUT2D eigenvalue weighted by atomic mass is 9.99. The SMILES string of the molecule is CCOC(=O)C[C@@H](Cc1ccc(-c2ccccc2)cc1)NC(=O)/C(C=N)=C/N. The van der Waals surface area contributed by atoms with Crippen LogP contribution < -0.4 is 11.1 Å². The zero-order valence-electron chi connectivity index (χ0n) is 15.9. The normalized spacial score (nSPS) is 12.1. The van der Waals surface area contributed by atoms with Crippen molar-refractivity contribution in [3.63, 3.8) is 0 Å². The lowest BCUT2D eigenvalue weighted by Gasteiger charge is -2.18. The van der Waals surface area contributed by atoms with Gasteiger partial charge in [-0.2, -0.15) is 0 Å². The highest BCUT2D eigenvalue weighted by Gasteiger charge is 2.19. The van der Waals surface area contributed by atoms with E-state index in [4.69, 9.17) is 15.9 Å². The van der Waals surface area contributed by atoms with E-state index in [0.717, 1.165) is 29.1 Å². The Bertz CT molecular complexity index is 830. The fraction of sp³-hybridized carbons (Fsp3) is 0.227. The van der Waals surface area contributed by atoms with Crippen LogP contribution in [0.15, 0.2) is 66.4 Å². The summed E-state index contributed by atoms with van der Waals surface area (Å²) in [7, 11) is 0. The molecular formula is C22H25N3O3. The Morgan fingerprint density at radius 2 is 1.75 bits per heavy atom. The predicted octanol–water partition coefficient (Wildman–Crippen LogP) is 2.83. The second-order valence-electron chi connectivity index (χ2n) is 6.21. The predicted molar refractivity (Wildman–Crippen MR) is 110 cm³/mol. The smallest absolute Gasteiger partial charge is 0.307 e. The maximum absolute atomic E-state index is 12.2. The maximum atomic E-state index is 12.2. The van der Waals surface area contributed by atoms with E-state index < -0.39 is 11.9 Å². The minimum absolute atomic E-state index is 0.0354. The lowest BCUT2D eigenvalue weighted by Crippen LogP contribution is -2.39. The molecule has 0 radical (unpaired) electrons. The number of hydrogen-bond donors (Lipinski definition) is 3. The van der Waals surface area contributed by atoms with E-state index in [-0.39, 0.29) is 24.6 Å². The van der Waals surface area contributed by atoms with Gasteiger partial charge in [0.1, 0.15) is 0 Å². The van der Waals surface area contributed by atoms with Crippen LogP contribution in [0.4, 0.5) is 0 Å². The van der Waals surface area contributed by atoms with Crippen LogP contribution in [0.5, 0.6) is 0 Å². The number of nitrogens with one attached hydrogen (secondary N) is 2. The number of esters is 1. The highest BCUT2D eigenvalue weighted by Crippen LogP contribution is 2.20. The summed E-state index contributed by atoms with van der Waals surface area (Å²) in [4.78, 5) is 24.1. The van der Waals surface area contributed by atoms with Crippen molar-refractivity contribution in [2.24, 2.45) is 5.73 Å². The standard InChI is InChI=1S/C22H25N3O3/c1-2-28-21(26)13-20(25-22(27)19(14-23)15-24)12-16-8-10-18(11-9-16)17-6-4-3-5-7-17/h3-11,14-15,20,23H,2,12-13,24H2,1H3,(H,25,27)/b19-15+,23-14?/t20-/m1/s1. The van der Waals surface area contributed by atoms with Crippen molar-refractivity contribution >= 4 is 18.1 Å². The Morgan fingerprint density at radius 3 is 2.32 bits per heavy atom. The number of carbonyl (C=O) groups is 2. The number of benzene rings is 2. The molecule has 2 rings (SSSR count). The van der Waals surface area contributed by atoms with Gasteiger partial charge < -0.3 is 21.2 Å². The zero-order valence-corrected chi connectivity index (χ0v) is 15.9. The molecule has 0 saturated heterocycles. The minimum Gasteiger partial charge on any atom is -0.466 e. The fourth-order valence-corrected chi connectivity index (χ4v) is 2.80. The molecule has 0 heterocycles. The largest absolute Gasteiger partial charge is 0.466 e. The van der Waals surface area contributed by atoms with E-state index in [9.17, 15) is 9.59 Å². The van der Waals surface area contributed by atoms with Gasteiger partial charge in [-0.25, -0.2) is 0 Å². The van der Waals surface area contributed by atoms with Gasteiger partial charge in [0.15, 0.2) is 0 Å². The average molecular weight is 379 g/mol. The molecule has 0 unspecified atom stereocenters. The number of nitrogens with two attached hydrogens (primary N) is 1. The van der Waals surface area contributed by atoms with Crippen LogP contribution in [-0.4, -0.2) is 30.7 Å². The van der Waals surface area contributed by atoms with E-state index >= 15 is 0 Å². The molecule has 0 aliphatic heterocycles. The molecule has 0 spiro atoms. The van der Waals surface area contributed by atoms with E-state index in [0.29, 0.717) is 6.42 Å². The summed E-state index contributed by atoms with van der Waals surface area (Å²) in [6, 6.07) is 17.5. The third-order valence-electron chi connectivity index (χ3n) is 4.19. The molecule has 146 valence electrons. The lowest BCUT2D eigenvalue weighted by molar-refractivity contribution is -0.143. The summed E-state index contributed by atoms with van der Waals surface area (Å²) in [6.45, 7) is 2.01. The van der Waals surface area contributed by atoms with Gasteiger partial charge in [-0.05, 0) is 30.0 Å². The molecule has 28 heavy (non-hydrogen) atoms. The van der Waals surface area contributed by atoms with Crippen LogP contribution in [-0.2, 0) is 20.7 Å². The second-order valence-corrected chi connectivity index (χ2v) is 6.21. The minimum atomic E-state index is -0.493. The quantitative estimate of drug-likeness (QED) is 0.354. The molecule has 0 saturated carbocycles. The van der Waals surface area contributed by atoms with Crippen molar-refractivity contribution < 1.29 is 14.3 Å². The molecule has 0 bridgehead atoms. The molecule has 4 N–H and O–H groups in total. The first-order valence-electron chi connectivity index (χ1n) is 9.10.